The third kappa shape index (κ3) is 2.63. The van der Waals surface area contributed by atoms with E-state index in [1.807, 2.05) is 0 Å². The van der Waals surface area contributed by atoms with Gasteiger partial charge in [0.1, 0.15) is 0 Å². The number of fused-ring (bicyclic) bond motifs is 7. The van der Waals surface area contributed by atoms with Crippen LogP contribution in [0.15, 0.2) is 12.2 Å². The molecule has 5 saturated carbocycles. The number of aliphatic hydroxyl groups is 1. The second-order valence-electron chi connectivity index (χ2n) is 13.9. The van der Waals surface area contributed by atoms with Crippen molar-refractivity contribution in [2.24, 2.45) is 57.3 Å². The lowest BCUT2D eigenvalue weighted by atomic mass is 9.34. The van der Waals surface area contributed by atoms with E-state index in [1.54, 1.807) is 0 Å². The highest BCUT2D eigenvalue weighted by Gasteiger charge is 2.70. The summed E-state index contributed by atoms with van der Waals surface area (Å²) < 4.78 is 0. The summed E-state index contributed by atoms with van der Waals surface area (Å²) in [6, 6.07) is 0. The minimum Gasteiger partial charge on any atom is -0.393 e. The maximum atomic E-state index is 10.9. The Balaban J connectivity index is 1.54. The molecule has 0 bridgehead atoms. The minimum atomic E-state index is -0.166. The van der Waals surface area contributed by atoms with Gasteiger partial charge in [0.05, 0.1) is 6.10 Å². The van der Waals surface area contributed by atoms with Crippen LogP contribution < -0.4 is 11.5 Å². The lowest BCUT2D eigenvalue weighted by Gasteiger charge is -2.72. The molecule has 176 valence electrons. The molecule has 10 atom stereocenters. The largest absolute Gasteiger partial charge is 0.393 e. The Morgan fingerprint density at radius 2 is 1.55 bits per heavy atom. The first kappa shape index (κ1) is 22.4. The van der Waals surface area contributed by atoms with E-state index in [0.717, 1.165) is 32.1 Å². The molecule has 5 aliphatic carbocycles. The first-order valence-corrected chi connectivity index (χ1v) is 13.2. The fourth-order valence-electron chi connectivity index (χ4n) is 10.9. The zero-order chi connectivity index (χ0) is 22.6. The van der Waals surface area contributed by atoms with Crippen molar-refractivity contribution in [1.29, 1.82) is 0 Å². The average molecular weight is 429 g/mol. The fourth-order valence-corrected chi connectivity index (χ4v) is 10.9. The zero-order valence-electron chi connectivity index (χ0n) is 20.8. The predicted octanol–water partition coefficient (Wildman–Crippen LogP) is 5.41. The van der Waals surface area contributed by atoms with Crippen LogP contribution in [-0.4, -0.2) is 22.3 Å². The van der Waals surface area contributed by atoms with E-state index in [1.165, 1.54) is 37.7 Å². The summed E-state index contributed by atoms with van der Waals surface area (Å²) in [5.41, 5.74) is 16.4. The Labute approximate surface area is 190 Å². The van der Waals surface area contributed by atoms with Crippen molar-refractivity contribution in [3.05, 3.63) is 12.2 Å². The number of hydrogen-bond donors (Lipinski definition) is 3. The van der Waals surface area contributed by atoms with Crippen LogP contribution in [0.5, 0.6) is 0 Å². The van der Waals surface area contributed by atoms with Crippen LogP contribution in [0.2, 0.25) is 0 Å². The zero-order valence-corrected chi connectivity index (χ0v) is 20.8. The van der Waals surface area contributed by atoms with Gasteiger partial charge >= 0.3 is 0 Å². The molecule has 0 aromatic rings. The maximum Gasteiger partial charge on any atom is 0.0594 e. The minimum absolute atomic E-state index is 0.00240. The summed E-state index contributed by atoms with van der Waals surface area (Å²) in [7, 11) is 0. The molecule has 0 aromatic carbocycles. The van der Waals surface area contributed by atoms with Crippen LogP contribution in [0, 0.1) is 45.8 Å². The first-order chi connectivity index (χ1) is 14.3. The Hall–Kier alpha value is -0.380. The molecule has 3 unspecified atom stereocenters. The van der Waals surface area contributed by atoms with E-state index in [0.29, 0.717) is 29.6 Å². The molecule has 0 aliphatic heterocycles. The Morgan fingerprint density at radius 1 is 0.839 bits per heavy atom. The molecule has 0 saturated heterocycles. The number of rotatable bonds is 1. The number of nitrogens with two attached hydrogens (primary N) is 2. The second kappa shape index (κ2) is 6.60. The van der Waals surface area contributed by atoms with Crippen molar-refractivity contribution in [2.75, 3.05) is 0 Å². The summed E-state index contributed by atoms with van der Waals surface area (Å²) in [4.78, 5) is 0. The summed E-state index contributed by atoms with van der Waals surface area (Å²) in [5, 5.41) is 10.9. The fraction of sp³-hybridized carbons (Fsp3) is 0.929. The molecular weight excluding hydrogens is 380 g/mol. The number of hydrogen-bond acceptors (Lipinski definition) is 3. The maximum absolute atomic E-state index is 10.9. The molecule has 31 heavy (non-hydrogen) atoms. The van der Waals surface area contributed by atoms with Crippen LogP contribution in [0.25, 0.3) is 0 Å². The van der Waals surface area contributed by atoms with Gasteiger partial charge in [-0.1, -0.05) is 39.8 Å². The van der Waals surface area contributed by atoms with Crippen LogP contribution in [0.4, 0.5) is 0 Å². The topological polar surface area (TPSA) is 72.3 Å². The van der Waals surface area contributed by atoms with E-state index in [4.69, 9.17) is 11.5 Å². The van der Waals surface area contributed by atoms with E-state index >= 15 is 0 Å². The highest BCUT2D eigenvalue weighted by Crippen LogP contribution is 2.72. The van der Waals surface area contributed by atoms with Gasteiger partial charge in [0.25, 0.3) is 0 Å². The van der Waals surface area contributed by atoms with Gasteiger partial charge in [-0.15, -0.1) is 0 Å². The highest BCUT2D eigenvalue weighted by atomic mass is 16.3. The summed E-state index contributed by atoms with van der Waals surface area (Å²) in [6.07, 6.45) is 11.4. The smallest absolute Gasteiger partial charge is 0.0594 e. The lowest BCUT2D eigenvalue weighted by Crippen LogP contribution is -2.75. The Kier molecular flexibility index (Phi) is 4.77. The molecule has 0 radical (unpaired) electrons. The molecule has 5 aliphatic rings. The van der Waals surface area contributed by atoms with Gasteiger partial charge in [0.2, 0.25) is 0 Å². The van der Waals surface area contributed by atoms with E-state index < -0.39 is 0 Å². The van der Waals surface area contributed by atoms with Crippen molar-refractivity contribution >= 4 is 0 Å². The third-order valence-corrected chi connectivity index (χ3v) is 12.6. The summed E-state index contributed by atoms with van der Waals surface area (Å²) in [5.74, 6) is 2.83. The monoisotopic (exact) mass is 428 g/mol. The van der Waals surface area contributed by atoms with Crippen molar-refractivity contribution < 1.29 is 5.11 Å². The van der Waals surface area contributed by atoms with Gasteiger partial charge in [-0.25, -0.2) is 0 Å². The van der Waals surface area contributed by atoms with Crippen molar-refractivity contribution in [3.8, 4) is 0 Å². The Morgan fingerprint density at radius 3 is 2.23 bits per heavy atom. The average Bonchev–Trinajstić information content (AvgIpc) is 3.04. The van der Waals surface area contributed by atoms with E-state index in [2.05, 4.69) is 41.2 Å². The van der Waals surface area contributed by atoms with Crippen molar-refractivity contribution in [1.82, 2.24) is 0 Å². The van der Waals surface area contributed by atoms with Gasteiger partial charge in [-0.05, 0) is 117 Å². The number of aliphatic hydroxyl groups excluding tert-OH is 1. The lowest BCUT2D eigenvalue weighted by molar-refractivity contribution is -0.219. The molecule has 5 rings (SSSR count). The van der Waals surface area contributed by atoms with Crippen LogP contribution >= 0.6 is 0 Å². The summed E-state index contributed by atoms with van der Waals surface area (Å²) in [6.45, 7) is 16.4. The normalized spacial score (nSPS) is 57.9. The molecule has 3 heteroatoms. The van der Waals surface area contributed by atoms with Gasteiger partial charge < -0.3 is 16.6 Å². The first-order valence-electron chi connectivity index (χ1n) is 13.2. The molecule has 0 amide bonds. The van der Waals surface area contributed by atoms with Crippen LogP contribution in [0.3, 0.4) is 0 Å². The quantitative estimate of drug-likeness (QED) is 0.489. The molecule has 3 nitrogen and oxygen atoms in total. The molecule has 5 fully saturated rings. The van der Waals surface area contributed by atoms with Crippen molar-refractivity contribution in [2.45, 2.75) is 116 Å². The molecule has 5 N–H and O–H groups in total. The summed E-state index contributed by atoms with van der Waals surface area (Å²) >= 11 is 0. The van der Waals surface area contributed by atoms with Gasteiger partial charge in [-0.2, -0.15) is 0 Å². The van der Waals surface area contributed by atoms with Crippen LogP contribution in [-0.2, 0) is 0 Å². The SMILES string of the molecule is C=C(C)[C@@H]1CCC2(N)CC[C@]3(N)[C@H](CC[C@@H]4C5(C)CC[C@H](O)C(C)(C)[C@@H]5CCC43C)[C@@H]12. The molecular formula is C28H48N2O. The van der Waals surface area contributed by atoms with Gasteiger partial charge in [0.15, 0.2) is 0 Å². The van der Waals surface area contributed by atoms with Gasteiger partial charge in [0, 0.05) is 11.1 Å². The van der Waals surface area contributed by atoms with E-state index in [-0.39, 0.29) is 33.4 Å². The van der Waals surface area contributed by atoms with Gasteiger partial charge in [-0.3, -0.25) is 0 Å². The second-order valence-corrected chi connectivity index (χ2v) is 13.9. The van der Waals surface area contributed by atoms with Crippen LogP contribution in [0.1, 0.15) is 98.8 Å². The predicted molar refractivity (Wildman–Crippen MR) is 128 cm³/mol. The standard InChI is InChI=1S/C28H48N2O/c1-17(2)18-9-14-27(29)15-16-28(30)19(23(18)27)7-8-21-25(5)12-11-22(31)24(3,4)20(25)10-13-26(21,28)6/h18-23,31H,1,7-16,29-30H2,2-6H3/t18-,19+,20-,21+,22-,23+,25?,26?,27?,28-/m0/s1. The van der Waals surface area contributed by atoms with Crippen molar-refractivity contribution in [3.63, 3.8) is 0 Å². The molecule has 0 aromatic heterocycles. The third-order valence-electron chi connectivity index (χ3n) is 12.6. The number of allylic oxidation sites excluding steroid dienone is 1. The Bertz CT molecular complexity index is 777. The van der Waals surface area contributed by atoms with E-state index in [9.17, 15) is 5.11 Å². The highest BCUT2D eigenvalue weighted by molar-refractivity contribution is 5.26. The molecule has 0 heterocycles. The molecule has 0 spiro atoms.